The molecule has 0 saturated carbocycles. The third-order valence-corrected chi connectivity index (χ3v) is 7.35. The van der Waals surface area contributed by atoms with Crippen molar-refractivity contribution in [3.8, 4) is 5.75 Å². The standard InChI is InChI=1S/C27H26F2N4O5S/c1-38-21-4-2-16(3-5-21)23(34)6-7-24(35)33-10-8-17(9-11-33)27-30-22(15-39-27)26(37)32-31-25(36)18-12-19(28)14-20(29)13-18/h2-5,12-15,17H,6-11H2,1H3,(H,31,36)(H,32,37). The number of amides is 3. The third kappa shape index (κ3) is 7.23. The number of rotatable bonds is 8. The molecule has 12 heteroatoms. The van der Waals surface area contributed by atoms with E-state index in [1.54, 1.807) is 41.7 Å². The maximum Gasteiger partial charge on any atom is 0.289 e. The van der Waals surface area contributed by atoms with Gasteiger partial charge in [-0.3, -0.25) is 30.0 Å². The van der Waals surface area contributed by atoms with Crippen LogP contribution in [0.3, 0.4) is 0 Å². The molecule has 1 aromatic heterocycles. The lowest BCUT2D eigenvalue weighted by Gasteiger charge is -2.31. The highest BCUT2D eigenvalue weighted by Crippen LogP contribution is 2.30. The Kier molecular flexibility index (Phi) is 8.97. The number of hydrogen-bond acceptors (Lipinski definition) is 7. The number of piperidine rings is 1. The molecule has 3 amide bonds. The summed E-state index contributed by atoms with van der Waals surface area (Å²) in [5.41, 5.74) is 4.65. The average Bonchev–Trinajstić information content (AvgIpc) is 3.44. The fraction of sp³-hybridized carbons (Fsp3) is 0.296. The van der Waals surface area contributed by atoms with Gasteiger partial charge in [0.25, 0.3) is 11.8 Å². The van der Waals surface area contributed by atoms with Gasteiger partial charge in [-0.05, 0) is 49.2 Å². The number of hydrazine groups is 1. The van der Waals surface area contributed by atoms with Crippen molar-refractivity contribution in [3.63, 3.8) is 0 Å². The first-order valence-electron chi connectivity index (χ1n) is 12.2. The summed E-state index contributed by atoms with van der Waals surface area (Å²) in [5.74, 6) is -2.83. The van der Waals surface area contributed by atoms with Crippen LogP contribution in [0, 0.1) is 11.6 Å². The molecule has 0 bridgehead atoms. The fourth-order valence-corrected chi connectivity index (χ4v) is 5.16. The Morgan fingerprint density at radius 1 is 0.949 bits per heavy atom. The maximum absolute atomic E-state index is 13.3. The van der Waals surface area contributed by atoms with Gasteiger partial charge in [-0.25, -0.2) is 13.8 Å². The monoisotopic (exact) mass is 556 g/mol. The summed E-state index contributed by atoms with van der Waals surface area (Å²) in [6.45, 7) is 1.03. The fourth-order valence-electron chi connectivity index (χ4n) is 4.19. The first-order chi connectivity index (χ1) is 18.7. The molecule has 1 aliphatic rings. The lowest BCUT2D eigenvalue weighted by atomic mass is 9.97. The molecule has 0 spiro atoms. The van der Waals surface area contributed by atoms with E-state index in [0.29, 0.717) is 43.3 Å². The second-order valence-electron chi connectivity index (χ2n) is 8.94. The highest BCUT2D eigenvalue weighted by molar-refractivity contribution is 7.09. The molecule has 1 saturated heterocycles. The summed E-state index contributed by atoms with van der Waals surface area (Å²) >= 11 is 1.30. The number of nitrogens with zero attached hydrogens (tertiary/aromatic N) is 2. The molecule has 0 aliphatic carbocycles. The van der Waals surface area contributed by atoms with Gasteiger partial charge >= 0.3 is 0 Å². The molecule has 0 unspecified atom stereocenters. The molecular weight excluding hydrogens is 530 g/mol. The molecule has 1 fully saturated rings. The zero-order valence-corrected chi connectivity index (χ0v) is 21.9. The molecule has 9 nitrogen and oxygen atoms in total. The number of benzene rings is 2. The summed E-state index contributed by atoms with van der Waals surface area (Å²) in [4.78, 5) is 55.6. The van der Waals surface area contributed by atoms with E-state index in [-0.39, 0.29) is 41.7 Å². The minimum atomic E-state index is -0.912. The van der Waals surface area contributed by atoms with Gasteiger partial charge in [-0.1, -0.05) is 0 Å². The number of methoxy groups -OCH3 is 1. The van der Waals surface area contributed by atoms with Gasteiger partial charge in [0.2, 0.25) is 5.91 Å². The van der Waals surface area contributed by atoms with E-state index in [2.05, 4.69) is 15.8 Å². The number of thiazole rings is 1. The topological polar surface area (TPSA) is 118 Å². The minimum absolute atomic E-state index is 0.0615. The summed E-state index contributed by atoms with van der Waals surface area (Å²) in [6.07, 6.45) is 1.58. The zero-order chi connectivity index (χ0) is 27.9. The van der Waals surface area contributed by atoms with Crippen LogP contribution in [-0.4, -0.2) is 53.6 Å². The number of ketones is 1. The molecule has 2 aromatic carbocycles. The Labute approximate surface area is 227 Å². The van der Waals surface area contributed by atoms with Gasteiger partial charge in [-0.15, -0.1) is 11.3 Å². The molecule has 0 radical (unpaired) electrons. The van der Waals surface area contributed by atoms with E-state index in [1.165, 1.54) is 11.3 Å². The molecule has 2 heterocycles. The van der Waals surface area contributed by atoms with Gasteiger partial charge in [-0.2, -0.15) is 0 Å². The van der Waals surface area contributed by atoms with Crippen molar-refractivity contribution in [1.29, 1.82) is 0 Å². The van der Waals surface area contributed by atoms with E-state index in [9.17, 15) is 28.0 Å². The normalized spacial score (nSPS) is 13.6. The molecule has 1 aliphatic heterocycles. The van der Waals surface area contributed by atoms with E-state index in [4.69, 9.17) is 4.74 Å². The molecule has 204 valence electrons. The largest absolute Gasteiger partial charge is 0.497 e. The third-order valence-electron chi connectivity index (χ3n) is 6.34. The number of carbonyl (C=O) groups is 4. The Hall–Kier alpha value is -4.19. The number of hydrogen-bond donors (Lipinski definition) is 2. The summed E-state index contributed by atoms with van der Waals surface area (Å²) < 4.78 is 31.7. The quantitative estimate of drug-likeness (QED) is 0.321. The Balaban J connectivity index is 1.22. The first-order valence-corrected chi connectivity index (χ1v) is 13.1. The van der Waals surface area contributed by atoms with Crippen LogP contribution in [-0.2, 0) is 4.79 Å². The molecule has 2 N–H and O–H groups in total. The number of aromatic nitrogens is 1. The Bertz CT molecular complexity index is 1350. The van der Waals surface area contributed by atoms with Crippen LogP contribution < -0.4 is 15.6 Å². The van der Waals surface area contributed by atoms with Crippen LogP contribution in [0.1, 0.15) is 67.8 Å². The Morgan fingerprint density at radius 2 is 1.59 bits per heavy atom. The van der Waals surface area contributed by atoms with E-state index < -0.39 is 23.4 Å². The van der Waals surface area contributed by atoms with Gasteiger partial charge < -0.3 is 9.64 Å². The van der Waals surface area contributed by atoms with Crippen LogP contribution >= 0.6 is 11.3 Å². The lowest BCUT2D eigenvalue weighted by molar-refractivity contribution is -0.132. The van der Waals surface area contributed by atoms with E-state index in [1.807, 2.05) is 0 Å². The second-order valence-corrected chi connectivity index (χ2v) is 9.83. The van der Waals surface area contributed by atoms with E-state index >= 15 is 0 Å². The molecule has 4 rings (SSSR count). The number of carbonyl (C=O) groups excluding carboxylic acids is 4. The number of likely N-dealkylation sites (tertiary alicyclic amines) is 1. The first kappa shape index (κ1) is 27.8. The van der Waals surface area contributed by atoms with Crippen LogP contribution in [0.25, 0.3) is 0 Å². The average molecular weight is 557 g/mol. The predicted molar refractivity (Wildman–Crippen MR) is 139 cm³/mol. The number of halogens is 2. The second kappa shape index (κ2) is 12.6. The van der Waals surface area contributed by atoms with Gasteiger partial charge in [0.05, 0.1) is 12.1 Å². The highest BCUT2D eigenvalue weighted by atomic mass is 32.1. The van der Waals surface area contributed by atoms with Gasteiger partial charge in [0, 0.05) is 54.4 Å². The molecule has 3 aromatic rings. The van der Waals surface area contributed by atoms with Crippen molar-refractivity contribution in [2.45, 2.75) is 31.6 Å². The maximum atomic E-state index is 13.3. The molecular formula is C27H26F2N4O5S. The molecule has 39 heavy (non-hydrogen) atoms. The zero-order valence-electron chi connectivity index (χ0n) is 21.0. The molecule has 0 atom stereocenters. The predicted octanol–water partition coefficient (Wildman–Crippen LogP) is 3.87. The summed E-state index contributed by atoms with van der Waals surface area (Å²) in [7, 11) is 1.55. The number of Topliss-reactive ketones (excluding diaryl/α,β-unsaturated/α-hetero) is 1. The van der Waals surface area contributed by atoms with Gasteiger partial charge in [0.1, 0.15) is 23.1 Å². The Morgan fingerprint density at radius 3 is 2.23 bits per heavy atom. The van der Waals surface area contributed by atoms with Crippen molar-refractivity contribution >= 4 is 34.8 Å². The summed E-state index contributed by atoms with van der Waals surface area (Å²) in [5, 5.41) is 2.29. The summed E-state index contributed by atoms with van der Waals surface area (Å²) in [6, 6.07) is 9.11. The van der Waals surface area contributed by atoms with Crippen molar-refractivity contribution in [2.24, 2.45) is 0 Å². The highest BCUT2D eigenvalue weighted by Gasteiger charge is 2.27. The van der Waals surface area contributed by atoms with Crippen molar-refractivity contribution in [2.75, 3.05) is 20.2 Å². The van der Waals surface area contributed by atoms with Crippen LogP contribution in [0.2, 0.25) is 0 Å². The van der Waals surface area contributed by atoms with Crippen LogP contribution in [0.15, 0.2) is 47.8 Å². The van der Waals surface area contributed by atoms with Crippen LogP contribution in [0.4, 0.5) is 8.78 Å². The van der Waals surface area contributed by atoms with Crippen molar-refractivity contribution in [3.05, 3.63) is 81.3 Å². The number of nitrogens with one attached hydrogen (secondary N) is 2. The van der Waals surface area contributed by atoms with Gasteiger partial charge in [0.15, 0.2) is 5.78 Å². The van der Waals surface area contributed by atoms with Crippen LogP contribution in [0.5, 0.6) is 5.75 Å². The van der Waals surface area contributed by atoms with E-state index in [0.717, 1.165) is 17.1 Å². The van der Waals surface area contributed by atoms with Crippen molar-refractivity contribution in [1.82, 2.24) is 20.7 Å². The smallest absolute Gasteiger partial charge is 0.289 e. The minimum Gasteiger partial charge on any atom is -0.497 e. The SMILES string of the molecule is COc1ccc(C(=O)CCC(=O)N2CCC(c3nc(C(=O)NNC(=O)c4cc(F)cc(F)c4)cs3)CC2)cc1. The van der Waals surface area contributed by atoms with Crippen molar-refractivity contribution < 1.29 is 32.7 Å². The number of ether oxygens (including phenoxy) is 1. The lowest BCUT2D eigenvalue weighted by Crippen LogP contribution is -2.41.